The van der Waals surface area contributed by atoms with Crippen LogP contribution in [-0.2, 0) is 19.6 Å². The normalized spacial score (nSPS) is 19.8. The van der Waals surface area contributed by atoms with Crippen molar-refractivity contribution in [1.29, 1.82) is 0 Å². The Morgan fingerprint density at radius 1 is 1.08 bits per heavy atom. The van der Waals surface area contributed by atoms with E-state index in [9.17, 15) is 22.8 Å². The van der Waals surface area contributed by atoms with Gasteiger partial charge in [0.05, 0.1) is 16.5 Å². The van der Waals surface area contributed by atoms with Gasteiger partial charge in [-0.1, -0.05) is 11.6 Å². The van der Waals surface area contributed by atoms with Crippen molar-refractivity contribution in [2.75, 3.05) is 36.2 Å². The molecule has 0 bridgehead atoms. The second-order valence-corrected chi connectivity index (χ2v) is 8.53. The Labute approximate surface area is 156 Å². The predicted octanol–water partition coefficient (Wildman–Crippen LogP) is 0.711. The van der Waals surface area contributed by atoms with Crippen LogP contribution < -0.4 is 4.31 Å². The lowest BCUT2D eigenvalue weighted by Gasteiger charge is -2.34. The number of anilines is 1. The first-order valence-electron chi connectivity index (χ1n) is 8.11. The maximum atomic E-state index is 12.7. The van der Waals surface area contributed by atoms with E-state index in [-0.39, 0.29) is 40.3 Å². The van der Waals surface area contributed by atoms with Gasteiger partial charge in [0.2, 0.25) is 21.8 Å². The van der Waals surface area contributed by atoms with Crippen molar-refractivity contribution < 1.29 is 22.8 Å². The van der Waals surface area contributed by atoms with Crippen LogP contribution in [0, 0.1) is 0 Å². The fourth-order valence-corrected chi connectivity index (χ4v) is 4.78. The van der Waals surface area contributed by atoms with Crippen molar-refractivity contribution in [3.63, 3.8) is 0 Å². The van der Waals surface area contributed by atoms with Crippen molar-refractivity contribution in [2.45, 2.75) is 13.3 Å². The number of halogens is 1. The highest BCUT2D eigenvalue weighted by Gasteiger charge is 2.38. The van der Waals surface area contributed by atoms with Crippen molar-refractivity contribution in [3.05, 3.63) is 28.8 Å². The maximum Gasteiger partial charge on any atom is 0.254 e. The largest absolute Gasteiger partial charge is 0.339 e. The predicted molar refractivity (Wildman–Crippen MR) is 95.5 cm³/mol. The summed E-state index contributed by atoms with van der Waals surface area (Å²) in [7, 11) is -3.77. The molecule has 8 nitrogen and oxygen atoms in total. The molecule has 2 aliphatic rings. The second kappa shape index (κ2) is 6.88. The fraction of sp³-hybridized carbons (Fsp3) is 0.438. The number of carbonyl (C=O) groups is 3. The van der Waals surface area contributed by atoms with Gasteiger partial charge >= 0.3 is 0 Å². The number of hydrogen-bond acceptors (Lipinski definition) is 5. The standard InChI is InChI=1S/C16H18ClN3O5S/c1-11(21)18-5-7-19(8-6-18)16(23)12-2-3-13(17)14(10-12)20-15(22)4-9-26(20,24)25/h2-3,10H,4-9H2,1H3. The summed E-state index contributed by atoms with van der Waals surface area (Å²) >= 11 is 6.09. The van der Waals surface area contributed by atoms with E-state index in [4.69, 9.17) is 11.6 Å². The van der Waals surface area contributed by atoms with Crippen LogP contribution in [0.25, 0.3) is 0 Å². The lowest BCUT2D eigenvalue weighted by Crippen LogP contribution is -2.50. The van der Waals surface area contributed by atoms with Crippen molar-refractivity contribution >= 4 is 45.0 Å². The number of sulfonamides is 1. The SMILES string of the molecule is CC(=O)N1CCN(C(=O)c2ccc(Cl)c(N3C(=O)CCS3(=O)=O)c2)CC1. The molecule has 3 rings (SSSR count). The molecule has 3 amide bonds. The zero-order valence-corrected chi connectivity index (χ0v) is 15.7. The van der Waals surface area contributed by atoms with Crippen LogP contribution >= 0.6 is 11.6 Å². The van der Waals surface area contributed by atoms with Gasteiger partial charge < -0.3 is 9.80 Å². The first kappa shape index (κ1) is 18.7. The third-order valence-corrected chi connectivity index (χ3v) is 6.50. The Morgan fingerprint density at radius 2 is 1.69 bits per heavy atom. The monoisotopic (exact) mass is 399 g/mol. The van der Waals surface area contributed by atoms with Crippen LogP contribution in [0.1, 0.15) is 23.7 Å². The Hall–Kier alpha value is -2.13. The second-order valence-electron chi connectivity index (χ2n) is 6.19. The summed E-state index contributed by atoms with van der Waals surface area (Å²) in [5, 5.41) is 0.0850. The van der Waals surface area contributed by atoms with E-state index < -0.39 is 15.9 Å². The van der Waals surface area contributed by atoms with Crippen LogP contribution in [0.4, 0.5) is 5.69 Å². The molecular formula is C16H18ClN3O5S. The third kappa shape index (κ3) is 3.41. The Kier molecular flexibility index (Phi) is 4.94. The highest BCUT2D eigenvalue weighted by atomic mass is 35.5. The molecule has 0 aliphatic carbocycles. The molecule has 0 radical (unpaired) electrons. The number of rotatable bonds is 2. The van der Waals surface area contributed by atoms with Gasteiger partial charge in [-0.3, -0.25) is 14.4 Å². The molecule has 1 aromatic rings. The van der Waals surface area contributed by atoms with E-state index in [1.54, 1.807) is 9.80 Å². The van der Waals surface area contributed by atoms with Gasteiger partial charge in [0.25, 0.3) is 5.91 Å². The van der Waals surface area contributed by atoms with E-state index >= 15 is 0 Å². The molecule has 0 unspecified atom stereocenters. The topological polar surface area (TPSA) is 95.1 Å². The zero-order valence-electron chi connectivity index (χ0n) is 14.1. The summed E-state index contributed by atoms with van der Waals surface area (Å²) in [6, 6.07) is 4.25. The summed E-state index contributed by atoms with van der Waals surface area (Å²) in [5.74, 6) is -1.17. The van der Waals surface area contributed by atoms with Crippen LogP contribution in [0.15, 0.2) is 18.2 Å². The molecule has 2 saturated heterocycles. The van der Waals surface area contributed by atoms with Gasteiger partial charge in [0.15, 0.2) is 0 Å². The highest BCUT2D eigenvalue weighted by Crippen LogP contribution is 2.33. The Morgan fingerprint density at radius 3 is 2.23 bits per heavy atom. The van der Waals surface area contributed by atoms with Gasteiger partial charge in [-0.2, -0.15) is 0 Å². The number of hydrogen-bond donors (Lipinski definition) is 0. The molecule has 2 aliphatic heterocycles. The molecule has 2 fully saturated rings. The lowest BCUT2D eigenvalue weighted by molar-refractivity contribution is -0.130. The molecule has 0 N–H and O–H groups in total. The molecule has 2 heterocycles. The number of amides is 3. The average molecular weight is 400 g/mol. The van der Waals surface area contributed by atoms with Gasteiger partial charge in [-0.05, 0) is 18.2 Å². The molecule has 26 heavy (non-hydrogen) atoms. The molecule has 140 valence electrons. The van der Waals surface area contributed by atoms with Crippen molar-refractivity contribution in [3.8, 4) is 0 Å². The highest BCUT2D eigenvalue weighted by molar-refractivity contribution is 7.94. The number of piperazine rings is 1. The quantitative estimate of drug-likeness (QED) is 0.729. The van der Waals surface area contributed by atoms with E-state index in [1.807, 2.05) is 0 Å². The van der Waals surface area contributed by atoms with Crippen LogP contribution in [0.5, 0.6) is 0 Å². The average Bonchev–Trinajstić information content (AvgIpc) is 2.88. The fourth-order valence-electron chi connectivity index (χ4n) is 3.06. The molecule has 0 atom stereocenters. The molecule has 0 aromatic heterocycles. The first-order valence-corrected chi connectivity index (χ1v) is 10.1. The molecular weight excluding hydrogens is 382 g/mol. The maximum absolute atomic E-state index is 12.7. The van der Waals surface area contributed by atoms with Gasteiger partial charge in [-0.25, -0.2) is 12.7 Å². The van der Waals surface area contributed by atoms with E-state index in [1.165, 1.54) is 25.1 Å². The zero-order chi connectivity index (χ0) is 19.1. The summed E-state index contributed by atoms with van der Waals surface area (Å²) in [6.45, 7) is 3.14. The summed E-state index contributed by atoms with van der Waals surface area (Å²) in [5.41, 5.74) is 0.248. The summed E-state index contributed by atoms with van der Waals surface area (Å²) in [6.07, 6.45) is -0.107. The first-order chi connectivity index (χ1) is 12.2. The van der Waals surface area contributed by atoms with Gasteiger partial charge in [0.1, 0.15) is 0 Å². The van der Waals surface area contributed by atoms with E-state index in [0.717, 1.165) is 0 Å². The summed E-state index contributed by atoms with van der Waals surface area (Å²) < 4.78 is 24.9. The Balaban J connectivity index is 1.85. The van der Waals surface area contributed by atoms with E-state index in [2.05, 4.69) is 0 Å². The number of benzene rings is 1. The number of carbonyl (C=O) groups excluding carboxylic acids is 3. The van der Waals surface area contributed by atoms with Gasteiger partial charge in [0, 0.05) is 45.1 Å². The minimum Gasteiger partial charge on any atom is -0.339 e. The Bertz CT molecular complexity index is 878. The molecule has 0 spiro atoms. The molecule has 0 saturated carbocycles. The minimum absolute atomic E-state index is 0.00221. The molecule has 1 aromatic carbocycles. The van der Waals surface area contributed by atoms with Crippen LogP contribution in [-0.4, -0.2) is 67.9 Å². The lowest BCUT2D eigenvalue weighted by atomic mass is 10.1. The van der Waals surface area contributed by atoms with Gasteiger partial charge in [-0.15, -0.1) is 0 Å². The van der Waals surface area contributed by atoms with E-state index in [0.29, 0.717) is 30.5 Å². The summed E-state index contributed by atoms with van der Waals surface area (Å²) in [4.78, 5) is 39.3. The van der Waals surface area contributed by atoms with Crippen molar-refractivity contribution in [1.82, 2.24) is 9.80 Å². The third-order valence-electron chi connectivity index (χ3n) is 4.50. The smallest absolute Gasteiger partial charge is 0.254 e. The van der Waals surface area contributed by atoms with Crippen molar-refractivity contribution in [2.24, 2.45) is 0 Å². The van der Waals surface area contributed by atoms with Crippen LogP contribution in [0.2, 0.25) is 5.02 Å². The molecule has 10 heteroatoms. The number of nitrogens with zero attached hydrogens (tertiary/aromatic N) is 3. The van der Waals surface area contributed by atoms with Crippen LogP contribution in [0.3, 0.4) is 0 Å². The minimum atomic E-state index is -3.77.